The van der Waals surface area contributed by atoms with Crippen LogP contribution in [0.5, 0.6) is 5.75 Å². The molecular weight excluding hydrogens is 252 g/mol. The summed E-state index contributed by atoms with van der Waals surface area (Å²) in [5.41, 5.74) is 1.86. The van der Waals surface area contributed by atoms with Crippen LogP contribution >= 0.6 is 0 Å². The fourth-order valence-electron chi connectivity index (χ4n) is 2.64. The van der Waals surface area contributed by atoms with Crippen molar-refractivity contribution < 1.29 is 9.53 Å². The maximum Gasteiger partial charge on any atom is 0.253 e. The summed E-state index contributed by atoms with van der Waals surface area (Å²) in [7, 11) is 1.67. The second kappa shape index (κ2) is 6.75. The fourth-order valence-corrected chi connectivity index (χ4v) is 2.64. The monoisotopic (exact) mass is 276 g/mol. The highest BCUT2D eigenvalue weighted by Gasteiger charge is 2.21. The molecule has 20 heavy (non-hydrogen) atoms. The number of rotatable bonds is 4. The number of benzene rings is 1. The van der Waals surface area contributed by atoms with Crippen LogP contribution in [0.15, 0.2) is 18.2 Å². The first-order chi connectivity index (χ1) is 9.69. The Balaban J connectivity index is 2.09. The van der Waals surface area contributed by atoms with Crippen molar-refractivity contribution in [2.75, 3.05) is 39.8 Å². The molecule has 0 N–H and O–H groups in total. The molecule has 1 heterocycles. The quantitative estimate of drug-likeness (QED) is 0.843. The van der Waals surface area contributed by atoms with Crippen LogP contribution in [0.4, 0.5) is 0 Å². The molecule has 1 saturated heterocycles. The third-order valence-electron chi connectivity index (χ3n) is 4.01. The molecule has 0 bridgehead atoms. The summed E-state index contributed by atoms with van der Waals surface area (Å²) in [6, 6.07) is 5.73. The highest BCUT2D eigenvalue weighted by Crippen LogP contribution is 2.21. The summed E-state index contributed by atoms with van der Waals surface area (Å²) in [6.07, 6.45) is 0.869. The van der Waals surface area contributed by atoms with Crippen LogP contribution in [0.1, 0.15) is 29.8 Å². The first-order valence-corrected chi connectivity index (χ1v) is 7.38. The van der Waals surface area contributed by atoms with E-state index in [0.29, 0.717) is 0 Å². The molecule has 2 rings (SSSR count). The summed E-state index contributed by atoms with van der Waals surface area (Å²) < 4.78 is 5.31. The Hall–Kier alpha value is -1.55. The summed E-state index contributed by atoms with van der Waals surface area (Å²) in [5.74, 6) is 0.998. The first-order valence-electron chi connectivity index (χ1n) is 7.38. The molecular formula is C16H24N2O2. The van der Waals surface area contributed by atoms with Gasteiger partial charge in [0.05, 0.1) is 7.11 Å². The Morgan fingerprint density at radius 3 is 2.45 bits per heavy atom. The van der Waals surface area contributed by atoms with Crippen LogP contribution in [0.2, 0.25) is 0 Å². The Kier molecular flexibility index (Phi) is 5.01. The van der Waals surface area contributed by atoms with E-state index in [1.165, 1.54) is 0 Å². The number of nitrogens with zero attached hydrogens (tertiary/aromatic N) is 2. The molecule has 1 aliphatic heterocycles. The van der Waals surface area contributed by atoms with Crippen LogP contribution in [0.3, 0.4) is 0 Å². The average molecular weight is 276 g/mol. The van der Waals surface area contributed by atoms with Gasteiger partial charge in [0.15, 0.2) is 0 Å². The maximum atomic E-state index is 12.5. The molecule has 0 aromatic heterocycles. The minimum atomic E-state index is 0.137. The maximum absolute atomic E-state index is 12.5. The molecule has 1 fully saturated rings. The Bertz CT molecular complexity index is 466. The van der Waals surface area contributed by atoms with Gasteiger partial charge in [-0.1, -0.05) is 13.8 Å². The Morgan fingerprint density at radius 2 is 1.90 bits per heavy atom. The van der Waals surface area contributed by atoms with E-state index >= 15 is 0 Å². The minimum Gasteiger partial charge on any atom is -0.496 e. The topological polar surface area (TPSA) is 32.8 Å². The molecule has 0 atom stereocenters. The van der Waals surface area contributed by atoms with Crippen LogP contribution in [-0.2, 0) is 6.42 Å². The zero-order valence-corrected chi connectivity index (χ0v) is 12.7. The van der Waals surface area contributed by atoms with Gasteiger partial charge in [-0.05, 0) is 36.7 Å². The highest BCUT2D eigenvalue weighted by atomic mass is 16.5. The second-order valence-corrected chi connectivity index (χ2v) is 5.11. The van der Waals surface area contributed by atoms with E-state index in [0.717, 1.165) is 56.0 Å². The highest BCUT2D eigenvalue weighted by molar-refractivity contribution is 5.94. The van der Waals surface area contributed by atoms with Crippen molar-refractivity contribution in [2.24, 2.45) is 0 Å². The summed E-state index contributed by atoms with van der Waals surface area (Å²) in [5, 5.41) is 0. The molecule has 0 aliphatic carbocycles. The lowest BCUT2D eigenvalue weighted by atomic mass is 10.1. The van der Waals surface area contributed by atoms with E-state index in [1.54, 1.807) is 7.11 Å². The number of hydrogen-bond acceptors (Lipinski definition) is 3. The molecule has 4 nitrogen and oxygen atoms in total. The van der Waals surface area contributed by atoms with Gasteiger partial charge < -0.3 is 14.5 Å². The molecule has 1 amide bonds. The molecule has 1 aliphatic rings. The molecule has 4 heteroatoms. The smallest absolute Gasteiger partial charge is 0.253 e. The van der Waals surface area contributed by atoms with Crippen molar-refractivity contribution in [1.29, 1.82) is 0 Å². The predicted molar refractivity (Wildman–Crippen MR) is 80.4 cm³/mol. The van der Waals surface area contributed by atoms with E-state index in [2.05, 4.69) is 18.7 Å². The van der Waals surface area contributed by atoms with Crippen LogP contribution in [0, 0.1) is 0 Å². The zero-order chi connectivity index (χ0) is 14.5. The molecule has 0 spiro atoms. The average Bonchev–Trinajstić information content (AvgIpc) is 2.53. The number of aryl methyl sites for hydroxylation is 1. The van der Waals surface area contributed by atoms with E-state index in [9.17, 15) is 4.79 Å². The van der Waals surface area contributed by atoms with Crippen LogP contribution in [-0.4, -0.2) is 55.5 Å². The second-order valence-electron chi connectivity index (χ2n) is 5.11. The van der Waals surface area contributed by atoms with Crippen LogP contribution < -0.4 is 4.74 Å². The zero-order valence-electron chi connectivity index (χ0n) is 12.7. The van der Waals surface area contributed by atoms with Crippen molar-refractivity contribution in [1.82, 2.24) is 9.80 Å². The van der Waals surface area contributed by atoms with Crippen molar-refractivity contribution in [3.05, 3.63) is 29.3 Å². The minimum absolute atomic E-state index is 0.137. The molecule has 110 valence electrons. The molecule has 1 aromatic carbocycles. The number of likely N-dealkylation sites (N-methyl/N-ethyl adjacent to an activating group) is 1. The lowest BCUT2D eigenvalue weighted by molar-refractivity contribution is 0.0643. The number of amides is 1. The van der Waals surface area contributed by atoms with Gasteiger partial charge in [0, 0.05) is 31.7 Å². The lowest BCUT2D eigenvalue weighted by Crippen LogP contribution is -2.48. The van der Waals surface area contributed by atoms with Crippen molar-refractivity contribution in [3.63, 3.8) is 0 Å². The Labute approximate surface area is 121 Å². The number of methoxy groups -OCH3 is 1. The summed E-state index contributed by atoms with van der Waals surface area (Å²) in [4.78, 5) is 16.9. The molecule has 1 aromatic rings. The first kappa shape index (κ1) is 14.9. The largest absolute Gasteiger partial charge is 0.496 e. The summed E-state index contributed by atoms with van der Waals surface area (Å²) >= 11 is 0. The number of carbonyl (C=O) groups excluding carboxylic acids is 1. The molecule has 0 radical (unpaired) electrons. The van der Waals surface area contributed by atoms with Gasteiger partial charge in [-0.2, -0.15) is 0 Å². The Morgan fingerprint density at radius 1 is 1.20 bits per heavy atom. The van der Waals surface area contributed by atoms with E-state index in [1.807, 2.05) is 23.1 Å². The van der Waals surface area contributed by atoms with Crippen molar-refractivity contribution in [2.45, 2.75) is 20.3 Å². The van der Waals surface area contributed by atoms with Gasteiger partial charge in [-0.15, -0.1) is 0 Å². The fraction of sp³-hybridized carbons (Fsp3) is 0.562. The number of hydrogen-bond donors (Lipinski definition) is 0. The summed E-state index contributed by atoms with van der Waals surface area (Å²) in [6.45, 7) is 8.88. The number of ether oxygens (including phenoxy) is 1. The van der Waals surface area contributed by atoms with Crippen LogP contribution in [0.25, 0.3) is 0 Å². The molecule has 0 saturated carbocycles. The molecule has 0 unspecified atom stereocenters. The van der Waals surface area contributed by atoms with Gasteiger partial charge in [-0.25, -0.2) is 0 Å². The van der Waals surface area contributed by atoms with Crippen molar-refractivity contribution in [3.8, 4) is 5.75 Å². The van der Waals surface area contributed by atoms with Gasteiger partial charge in [-0.3, -0.25) is 4.79 Å². The van der Waals surface area contributed by atoms with Gasteiger partial charge in [0.2, 0.25) is 0 Å². The lowest BCUT2D eigenvalue weighted by Gasteiger charge is -2.34. The standard InChI is InChI=1S/C16H24N2O2/c1-4-13-12-14(6-7-15(13)20-3)16(19)18-10-8-17(5-2)9-11-18/h6-7,12H,4-5,8-11H2,1-3H3. The van der Waals surface area contributed by atoms with E-state index in [-0.39, 0.29) is 5.91 Å². The van der Waals surface area contributed by atoms with Crippen molar-refractivity contribution >= 4 is 5.91 Å². The predicted octanol–water partition coefficient (Wildman–Crippen LogP) is 2.04. The van der Waals surface area contributed by atoms with E-state index in [4.69, 9.17) is 4.74 Å². The van der Waals surface area contributed by atoms with Gasteiger partial charge in [0.25, 0.3) is 5.91 Å². The number of piperazine rings is 1. The SMILES string of the molecule is CCc1cc(C(=O)N2CCN(CC)CC2)ccc1OC. The van der Waals surface area contributed by atoms with E-state index < -0.39 is 0 Å². The third-order valence-corrected chi connectivity index (χ3v) is 4.01. The normalized spacial score (nSPS) is 16.2. The van der Waals surface area contributed by atoms with Gasteiger partial charge >= 0.3 is 0 Å². The third kappa shape index (κ3) is 3.12. The number of carbonyl (C=O) groups is 1. The van der Waals surface area contributed by atoms with Gasteiger partial charge in [0.1, 0.15) is 5.75 Å².